The molecule has 1 N–H and O–H groups in total. The van der Waals surface area contributed by atoms with E-state index >= 15 is 0 Å². The van der Waals surface area contributed by atoms with Crippen molar-refractivity contribution in [1.29, 1.82) is 0 Å². The number of rotatable bonds is 6. The van der Waals surface area contributed by atoms with Gasteiger partial charge in [-0.3, -0.25) is 4.79 Å². The van der Waals surface area contributed by atoms with E-state index < -0.39 is 5.97 Å². The van der Waals surface area contributed by atoms with Crippen molar-refractivity contribution in [2.45, 2.75) is 36.7 Å². The van der Waals surface area contributed by atoms with Crippen LogP contribution >= 0.6 is 11.8 Å². The number of carbonyl (C=O) groups is 1. The number of ether oxygens (including phenoxy) is 1. The Hall–Kier alpha value is -1.07. The van der Waals surface area contributed by atoms with Crippen LogP contribution in [-0.2, 0) is 9.53 Å². The zero-order valence-electron chi connectivity index (χ0n) is 11.3. The summed E-state index contributed by atoms with van der Waals surface area (Å²) in [5, 5.41) is 8.91. The zero-order chi connectivity index (χ0) is 14.4. The van der Waals surface area contributed by atoms with E-state index in [1.807, 2.05) is 0 Å². The van der Waals surface area contributed by atoms with Gasteiger partial charge >= 0.3 is 5.97 Å². The molecule has 0 unspecified atom stereocenters. The van der Waals surface area contributed by atoms with Crippen LogP contribution in [0.1, 0.15) is 25.7 Å². The van der Waals surface area contributed by atoms with Crippen molar-refractivity contribution in [2.24, 2.45) is 5.92 Å². The second kappa shape index (κ2) is 7.64. The van der Waals surface area contributed by atoms with Crippen molar-refractivity contribution in [1.82, 2.24) is 0 Å². The lowest BCUT2D eigenvalue weighted by Crippen LogP contribution is -2.26. The van der Waals surface area contributed by atoms with Crippen LogP contribution in [0.25, 0.3) is 0 Å². The molecule has 5 heteroatoms. The molecular formula is C15H19FO3S. The summed E-state index contributed by atoms with van der Waals surface area (Å²) in [5.74, 6) is -0.274. The number of halogens is 1. The molecule has 1 saturated carbocycles. The van der Waals surface area contributed by atoms with Crippen molar-refractivity contribution in [3.05, 3.63) is 30.1 Å². The first-order valence-corrected chi connectivity index (χ1v) is 7.86. The third kappa shape index (κ3) is 4.80. The molecule has 0 amide bonds. The Balaban J connectivity index is 1.60. The average Bonchev–Trinajstić information content (AvgIpc) is 2.46. The number of aliphatic carboxylic acids is 1. The van der Waals surface area contributed by atoms with Gasteiger partial charge in [-0.25, -0.2) is 4.39 Å². The van der Waals surface area contributed by atoms with Gasteiger partial charge in [0.1, 0.15) is 5.82 Å². The first-order valence-electron chi connectivity index (χ1n) is 6.88. The lowest BCUT2D eigenvalue weighted by Gasteiger charge is -2.26. The molecule has 110 valence electrons. The van der Waals surface area contributed by atoms with Crippen molar-refractivity contribution < 1.29 is 19.0 Å². The second-order valence-electron chi connectivity index (χ2n) is 4.99. The Kier molecular flexibility index (Phi) is 5.86. The summed E-state index contributed by atoms with van der Waals surface area (Å²) in [6.07, 6.45) is 3.28. The van der Waals surface area contributed by atoms with Gasteiger partial charge in [-0.1, -0.05) is 0 Å². The van der Waals surface area contributed by atoms with Gasteiger partial charge in [0.15, 0.2) is 0 Å². The first-order chi connectivity index (χ1) is 9.65. The summed E-state index contributed by atoms with van der Waals surface area (Å²) in [6.45, 7) is 0.643. The third-order valence-corrected chi connectivity index (χ3v) is 4.52. The maximum atomic E-state index is 12.7. The van der Waals surface area contributed by atoms with Gasteiger partial charge < -0.3 is 9.84 Å². The summed E-state index contributed by atoms with van der Waals surface area (Å²) in [6, 6.07) is 6.43. The maximum absolute atomic E-state index is 12.7. The highest BCUT2D eigenvalue weighted by atomic mass is 32.2. The molecular weight excluding hydrogens is 279 g/mol. The van der Waals surface area contributed by atoms with Crippen LogP contribution in [0.2, 0.25) is 0 Å². The Morgan fingerprint density at radius 3 is 2.50 bits per heavy atom. The van der Waals surface area contributed by atoms with Crippen molar-refractivity contribution in [2.75, 3.05) is 12.4 Å². The van der Waals surface area contributed by atoms with Crippen LogP contribution in [0, 0.1) is 11.7 Å². The van der Waals surface area contributed by atoms with E-state index in [0.717, 1.165) is 23.5 Å². The van der Waals surface area contributed by atoms with Gasteiger partial charge in [0.05, 0.1) is 18.6 Å². The highest BCUT2D eigenvalue weighted by molar-refractivity contribution is 7.99. The summed E-state index contributed by atoms with van der Waals surface area (Å²) >= 11 is 1.64. The van der Waals surface area contributed by atoms with Crippen molar-refractivity contribution >= 4 is 17.7 Å². The summed E-state index contributed by atoms with van der Waals surface area (Å²) in [5.41, 5.74) is 0. The molecule has 0 radical (unpaired) electrons. The SMILES string of the molecule is O=C(O)C1CCC(OCCSc2ccc(F)cc2)CC1. The molecule has 1 aromatic carbocycles. The van der Waals surface area contributed by atoms with E-state index in [1.165, 1.54) is 12.1 Å². The molecule has 1 aliphatic carbocycles. The van der Waals surface area contributed by atoms with E-state index in [-0.39, 0.29) is 17.8 Å². The van der Waals surface area contributed by atoms with Crippen LogP contribution in [0.5, 0.6) is 0 Å². The van der Waals surface area contributed by atoms with Gasteiger partial charge in [0.25, 0.3) is 0 Å². The predicted octanol–water partition coefficient (Wildman–Crippen LogP) is 3.58. The molecule has 0 aliphatic heterocycles. The molecule has 0 bridgehead atoms. The number of thioether (sulfide) groups is 1. The largest absolute Gasteiger partial charge is 0.481 e. The monoisotopic (exact) mass is 298 g/mol. The highest BCUT2D eigenvalue weighted by Crippen LogP contribution is 2.26. The topological polar surface area (TPSA) is 46.5 Å². The molecule has 1 fully saturated rings. The van der Waals surface area contributed by atoms with Gasteiger partial charge in [-0.15, -0.1) is 11.8 Å². The predicted molar refractivity (Wildman–Crippen MR) is 76.5 cm³/mol. The van der Waals surface area contributed by atoms with Gasteiger partial charge in [0, 0.05) is 10.6 Å². The summed E-state index contributed by atoms with van der Waals surface area (Å²) in [4.78, 5) is 11.9. The van der Waals surface area contributed by atoms with Gasteiger partial charge in [0.2, 0.25) is 0 Å². The lowest BCUT2D eigenvalue weighted by atomic mass is 9.87. The fourth-order valence-electron chi connectivity index (χ4n) is 2.38. The third-order valence-electron chi connectivity index (χ3n) is 3.54. The second-order valence-corrected chi connectivity index (χ2v) is 6.15. The Morgan fingerprint density at radius 2 is 1.90 bits per heavy atom. The Morgan fingerprint density at radius 1 is 1.25 bits per heavy atom. The lowest BCUT2D eigenvalue weighted by molar-refractivity contribution is -0.143. The molecule has 20 heavy (non-hydrogen) atoms. The fraction of sp³-hybridized carbons (Fsp3) is 0.533. The minimum absolute atomic E-state index is 0.191. The number of hydrogen-bond acceptors (Lipinski definition) is 3. The highest BCUT2D eigenvalue weighted by Gasteiger charge is 2.26. The zero-order valence-corrected chi connectivity index (χ0v) is 12.1. The van der Waals surface area contributed by atoms with E-state index in [9.17, 15) is 9.18 Å². The van der Waals surface area contributed by atoms with Crippen molar-refractivity contribution in [3.8, 4) is 0 Å². The Bertz CT molecular complexity index is 427. The van der Waals surface area contributed by atoms with E-state index in [1.54, 1.807) is 23.9 Å². The van der Waals surface area contributed by atoms with Gasteiger partial charge in [-0.05, 0) is 49.9 Å². The van der Waals surface area contributed by atoms with Crippen LogP contribution < -0.4 is 0 Å². The summed E-state index contributed by atoms with van der Waals surface area (Å²) < 4.78 is 18.5. The molecule has 0 heterocycles. The molecule has 1 aromatic rings. The number of benzene rings is 1. The molecule has 3 nitrogen and oxygen atoms in total. The minimum atomic E-state index is -0.685. The molecule has 0 saturated heterocycles. The quantitative estimate of drug-likeness (QED) is 0.644. The molecule has 0 spiro atoms. The van der Waals surface area contributed by atoms with E-state index in [0.29, 0.717) is 19.4 Å². The first kappa shape index (κ1) is 15.3. The molecule has 2 rings (SSSR count). The van der Waals surface area contributed by atoms with E-state index in [4.69, 9.17) is 9.84 Å². The van der Waals surface area contributed by atoms with Gasteiger partial charge in [-0.2, -0.15) is 0 Å². The molecule has 1 aliphatic rings. The van der Waals surface area contributed by atoms with Crippen LogP contribution in [0.4, 0.5) is 4.39 Å². The summed E-state index contributed by atoms with van der Waals surface area (Å²) in [7, 11) is 0. The smallest absolute Gasteiger partial charge is 0.306 e. The standard InChI is InChI=1S/C15H19FO3S/c16-12-3-7-14(8-4-12)20-10-9-19-13-5-1-11(2-6-13)15(17)18/h3-4,7-8,11,13H,1-2,5-6,9-10H2,(H,17,18). The average molecular weight is 298 g/mol. The van der Waals surface area contributed by atoms with Crippen LogP contribution in [0.15, 0.2) is 29.2 Å². The normalized spacial score (nSPS) is 22.6. The fourth-order valence-corrected chi connectivity index (χ4v) is 3.13. The van der Waals surface area contributed by atoms with Crippen molar-refractivity contribution in [3.63, 3.8) is 0 Å². The van der Waals surface area contributed by atoms with Crippen LogP contribution in [0.3, 0.4) is 0 Å². The van der Waals surface area contributed by atoms with Crippen LogP contribution in [-0.4, -0.2) is 29.5 Å². The molecule has 0 atom stereocenters. The number of hydrogen-bond donors (Lipinski definition) is 1. The Labute approximate surface area is 122 Å². The number of carboxylic acid groups (broad SMARTS) is 1. The van der Waals surface area contributed by atoms with E-state index in [2.05, 4.69) is 0 Å². The maximum Gasteiger partial charge on any atom is 0.306 e. The molecule has 0 aromatic heterocycles. The number of carboxylic acids is 1. The minimum Gasteiger partial charge on any atom is -0.481 e.